The number of morpholine rings is 1. The van der Waals surface area contributed by atoms with Gasteiger partial charge in [-0.3, -0.25) is 10.1 Å². The smallest absolute Gasteiger partial charge is 0.278 e. The fraction of sp³-hybridized carbons (Fsp3) is 0.455. The number of fused-ring (bicyclic) bond motifs is 1. The Morgan fingerprint density at radius 2 is 2.11 bits per heavy atom. The Hall–Kier alpha value is -1.86. The fourth-order valence-corrected chi connectivity index (χ4v) is 2.15. The zero-order chi connectivity index (χ0) is 12.5. The number of nitro groups is 1. The molecule has 1 fully saturated rings. The van der Waals surface area contributed by atoms with E-state index in [4.69, 9.17) is 14.2 Å². The first-order valence-corrected chi connectivity index (χ1v) is 5.65. The van der Waals surface area contributed by atoms with Crippen LogP contribution < -0.4 is 14.8 Å². The van der Waals surface area contributed by atoms with E-state index in [1.54, 1.807) is 6.07 Å². The van der Waals surface area contributed by atoms with Crippen LogP contribution in [-0.2, 0) is 4.74 Å². The van der Waals surface area contributed by atoms with Crippen molar-refractivity contribution < 1.29 is 19.1 Å². The lowest BCUT2D eigenvalue weighted by atomic mass is 10.0. The van der Waals surface area contributed by atoms with Gasteiger partial charge in [-0.2, -0.15) is 0 Å². The average Bonchev–Trinajstić information content (AvgIpc) is 2.85. The lowest BCUT2D eigenvalue weighted by molar-refractivity contribution is -0.385. The van der Waals surface area contributed by atoms with E-state index in [2.05, 4.69) is 5.32 Å². The first-order chi connectivity index (χ1) is 8.75. The summed E-state index contributed by atoms with van der Waals surface area (Å²) in [6.45, 7) is 1.82. The maximum absolute atomic E-state index is 11.1. The van der Waals surface area contributed by atoms with Crippen molar-refractivity contribution in [2.45, 2.75) is 6.04 Å². The van der Waals surface area contributed by atoms with E-state index in [0.717, 1.165) is 0 Å². The highest BCUT2D eigenvalue weighted by atomic mass is 16.7. The maximum atomic E-state index is 11.1. The molecule has 1 N–H and O–H groups in total. The van der Waals surface area contributed by atoms with Crippen molar-refractivity contribution in [2.75, 3.05) is 26.6 Å². The molecule has 1 aromatic carbocycles. The number of hydrogen-bond acceptors (Lipinski definition) is 6. The SMILES string of the molecule is O=[N+]([O-])c1cc2c(cc1[C@H]1COCCN1)OCO2. The summed E-state index contributed by atoms with van der Waals surface area (Å²) in [5.41, 5.74) is 0.603. The number of ether oxygens (including phenoxy) is 3. The second-order valence-electron chi connectivity index (χ2n) is 4.10. The molecule has 7 nitrogen and oxygen atoms in total. The van der Waals surface area contributed by atoms with Crippen molar-refractivity contribution in [2.24, 2.45) is 0 Å². The van der Waals surface area contributed by atoms with Gasteiger partial charge in [0.1, 0.15) is 0 Å². The third-order valence-corrected chi connectivity index (χ3v) is 3.02. The van der Waals surface area contributed by atoms with Crippen LogP contribution in [-0.4, -0.2) is 31.5 Å². The van der Waals surface area contributed by atoms with Crippen LogP contribution in [0.15, 0.2) is 12.1 Å². The van der Waals surface area contributed by atoms with Gasteiger partial charge in [0.25, 0.3) is 5.69 Å². The highest BCUT2D eigenvalue weighted by molar-refractivity contribution is 5.56. The molecule has 0 amide bonds. The van der Waals surface area contributed by atoms with Crippen LogP contribution in [0.3, 0.4) is 0 Å². The normalized spacial score (nSPS) is 21.9. The van der Waals surface area contributed by atoms with Crippen molar-refractivity contribution in [3.8, 4) is 11.5 Å². The third-order valence-electron chi connectivity index (χ3n) is 3.02. The molecule has 0 unspecified atom stereocenters. The topological polar surface area (TPSA) is 82.9 Å². The maximum Gasteiger partial charge on any atom is 0.278 e. The third kappa shape index (κ3) is 1.87. The molecule has 1 saturated heterocycles. The fourth-order valence-electron chi connectivity index (χ4n) is 2.15. The summed E-state index contributed by atoms with van der Waals surface area (Å²) in [4.78, 5) is 10.7. The number of nitrogens with zero attached hydrogens (tertiary/aromatic N) is 1. The van der Waals surface area contributed by atoms with Crippen molar-refractivity contribution in [1.29, 1.82) is 0 Å². The van der Waals surface area contributed by atoms with Crippen LogP contribution in [0.5, 0.6) is 11.5 Å². The standard InChI is InChI=1S/C11H12N2O5/c14-13(15)9-4-11-10(17-6-18-11)3-7(9)8-5-16-2-1-12-8/h3-4,8,12H,1-2,5-6H2/t8-/m1/s1. The molecule has 1 atom stereocenters. The summed E-state index contributed by atoms with van der Waals surface area (Å²) >= 11 is 0. The predicted molar refractivity (Wildman–Crippen MR) is 60.8 cm³/mol. The van der Waals surface area contributed by atoms with E-state index in [1.165, 1.54) is 6.07 Å². The number of benzene rings is 1. The molecular weight excluding hydrogens is 240 g/mol. The first-order valence-electron chi connectivity index (χ1n) is 5.65. The summed E-state index contributed by atoms with van der Waals surface area (Å²) < 4.78 is 15.7. The van der Waals surface area contributed by atoms with Crippen molar-refractivity contribution >= 4 is 5.69 Å². The Bertz CT molecular complexity index is 485. The van der Waals surface area contributed by atoms with E-state index in [1.807, 2.05) is 0 Å². The van der Waals surface area contributed by atoms with Gasteiger partial charge >= 0.3 is 0 Å². The molecule has 2 aliphatic rings. The van der Waals surface area contributed by atoms with Gasteiger partial charge in [-0.15, -0.1) is 0 Å². The largest absolute Gasteiger partial charge is 0.454 e. The first kappa shape index (κ1) is 11.2. The molecule has 0 spiro atoms. The zero-order valence-corrected chi connectivity index (χ0v) is 9.55. The van der Waals surface area contributed by atoms with Crippen LogP contribution in [0.4, 0.5) is 5.69 Å². The molecule has 2 aliphatic heterocycles. The van der Waals surface area contributed by atoms with Crippen molar-refractivity contribution in [3.63, 3.8) is 0 Å². The Balaban J connectivity index is 2.02. The van der Waals surface area contributed by atoms with E-state index in [0.29, 0.717) is 36.8 Å². The number of rotatable bonds is 2. The van der Waals surface area contributed by atoms with Crippen LogP contribution >= 0.6 is 0 Å². The van der Waals surface area contributed by atoms with Crippen LogP contribution in [0, 0.1) is 10.1 Å². The second kappa shape index (κ2) is 4.43. The minimum Gasteiger partial charge on any atom is -0.454 e. The minimum absolute atomic E-state index is 0.0299. The highest BCUT2D eigenvalue weighted by Gasteiger charge is 2.29. The van der Waals surface area contributed by atoms with Crippen molar-refractivity contribution in [1.82, 2.24) is 5.32 Å². The molecule has 0 aliphatic carbocycles. The van der Waals surface area contributed by atoms with Gasteiger partial charge in [0, 0.05) is 6.54 Å². The molecule has 2 heterocycles. The van der Waals surface area contributed by atoms with Gasteiger partial charge in [-0.1, -0.05) is 0 Å². The van der Waals surface area contributed by atoms with Gasteiger partial charge in [-0.25, -0.2) is 0 Å². The molecule has 18 heavy (non-hydrogen) atoms. The summed E-state index contributed by atoms with van der Waals surface area (Å²) in [6.07, 6.45) is 0. The highest BCUT2D eigenvalue weighted by Crippen LogP contribution is 2.40. The summed E-state index contributed by atoms with van der Waals surface area (Å²) in [5.74, 6) is 0.963. The van der Waals surface area contributed by atoms with Gasteiger partial charge in [-0.05, 0) is 6.07 Å². The van der Waals surface area contributed by atoms with Crippen LogP contribution in [0.1, 0.15) is 11.6 Å². The summed E-state index contributed by atoms with van der Waals surface area (Å²) in [6, 6.07) is 2.88. The Morgan fingerprint density at radius 1 is 1.33 bits per heavy atom. The Kier molecular flexibility index (Phi) is 2.77. The summed E-state index contributed by atoms with van der Waals surface area (Å²) in [7, 11) is 0. The molecule has 0 radical (unpaired) electrons. The number of nitrogens with one attached hydrogen (secondary N) is 1. The molecule has 0 bridgehead atoms. The van der Waals surface area contributed by atoms with Gasteiger partial charge in [0.2, 0.25) is 6.79 Å². The van der Waals surface area contributed by atoms with Crippen molar-refractivity contribution in [3.05, 3.63) is 27.8 Å². The molecule has 7 heteroatoms. The zero-order valence-electron chi connectivity index (χ0n) is 9.55. The van der Waals surface area contributed by atoms with Gasteiger partial charge < -0.3 is 19.5 Å². The van der Waals surface area contributed by atoms with Gasteiger partial charge in [0.05, 0.1) is 35.8 Å². The quantitative estimate of drug-likeness (QED) is 0.624. The lowest BCUT2D eigenvalue weighted by Crippen LogP contribution is -2.34. The molecule has 0 saturated carbocycles. The second-order valence-corrected chi connectivity index (χ2v) is 4.10. The van der Waals surface area contributed by atoms with Crippen LogP contribution in [0.25, 0.3) is 0 Å². The molecular formula is C11H12N2O5. The number of hydrogen-bond donors (Lipinski definition) is 1. The Morgan fingerprint density at radius 3 is 2.78 bits per heavy atom. The van der Waals surface area contributed by atoms with E-state index >= 15 is 0 Å². The van der Waals surface area contributed by atoms with E-state index < -0.39 is 4.92 Å². The minimum atomic E-state index is -0.409. The molecule has 3 rings (SSSR count). The van der Waals surface area contributed by atoms with Gasteiger partial charge in [0.15, 0.2) is 11.5 Å². The average molecular weight is 252 g/mol. The monoisotopic (exact) mass is 252 g/mol. The van der Waals surface area contributed by atoms with E-state index in [9.17, 15) is 10.1 Å². The molecule has 96 valence electrons. The Labute approximate surface area is 103 Å². The summed E-state index contributed by atoms with van der Waals surface area (Å²) in [5, 5.41) is 14.3. The number of nitro benzene ring substituents is 1. The van der Waals surface area contributed by atoms with Crippen LogP contribution in [0.2, 0.25) is 0 Å². The van der Waals surface area contributed by atoms with E-state index in [-0.39, 0.29) is 18.5 Å². The molecule has 1 aromatic rings. The lowest BCUT2D eigenvalue weighted by Gasteiger charge is -2.24. The molecule has 0 aromatic heterocycles. The predicted octanol–water partition coefficient (Wildman–Crippen LogP) is 0.984.